The van der Waals surface area contributed by atoms with Crippen LogP contribution in [0.25, 0.3) is 5.57 Å². The fraction of sp³-hybridized carbons (Fsp3) is 0.367. The molecule has 0 spiro atoms. The number of aryl methyl sites for hydroxylation is 2. The molecule has 31 heavy (non-hydrogen) atoms. The van der Waals surface area contributed by atoms with Crippen molar-refractivity contribution < 1.29 is 4.58 Å². The number of unbranched alkanes of at least 4 members (excludes halogenated alkanes) is 1. The van der Waals surface area contributed by atoms with Crippen molar-refractivity contribution in [1.29, 1.82) is 0 Å². The SMILES string of the molecule is CCCC[N+](=C(C)c1c(C)cccc1C)/C(C1=CC=CCC1)=C(\CC)c1ccccc1. The third-order valence-corrected chi connectivity index (χ3v) is 6.33. The monoisotopic (exact) mass is 412 g/mol. The Bertz CT molecular complexity index is 995. The first-order chi connectivity index (χ1) is 15.1. The predicted octanol–water partition coefficient (Wildman–Crippen LogP) is 8.02. The van der Waals surface area contributed by atoms with Gasteiger partial charge in [0.15, 0.2) is 5.71 Å². The van der Waals surface area contributed by atoms with E-state index < -0.39 is 0 Å². The summed E-state index contributed by atoms with van der Waals surface area (Å²) in [6.45, 7) is 12.4. The first-order valence-electron chi connectivity index (χ1n) is 11.9. The summed E-state index contributed by atoms with van der Waals surface area (Å²) in [5.41, 5.74) is 11.1. The number of hydrogen-bond acceptors (Lipinski definition) is 0. The van der Waals surface area contributed by atoms with Crippen molar-refractivity contribution in [3.8, 4) is 0 Å². The number of hydrogen-bond donors (Lipinski definition) is 0. The van der Waals surface area contributed by atoms with Gasteiger partial charge in [-0.2, -0.15) is 4.58 Å². The molecule has 1 nitrogen and oxygen atoms in total. The molecular formula is C30H38N+. The Morgan fingerprint density at radius 1 is 0.935 bits per heavy atom. The van der Waals surface area contributed by atoms with Crippen LogP contribution in [-0.2, 0) is 0 Å². The maximum Gasteiger partial charge on any atom is 0.212 e. The molecule has 1 heteroatoms. The van der Waals surface area contributed by atoms with Crippen molar-refractivity contribution in [2.45, 2.75) is 66.7 Å². The highest BCUT2D eigenvalue weighted by Crippen LogP contribution is 2.32. The largest absolute Gasteiger partial charge is 0.212 e. The maximum absolute atomic E-state index is 2.63. The lowest BCUT2D eigenvalue weighted by Gasteiger charge is -2.20. The molecule has 0 bridgehead atoms. The molecule has 2 aromatic carbocycles. The van der Waals surface area contributed by atoms with Gasteiger partial charge in [-0.15, -0.1) is 0 Å². The van der Waals surface area contributed by atoms with E-state index in [9.17, 15) is 0 Å². The van der Waals surface area contributed by atoms with Crippen molar-refractivity contribution in [1.82, 2.24) is 0 Å². The van der Waals surface area contributed by atoms with Crippen molar-refractivity contribution >= 4 is 11.3 Å². The van der Waals surface area contributed by atoms with E-state index in [1.807, 2.05) is 0 Å². The molecular weight excluding hydrogens is 374 g/mol. The van der Waals surface area contributed by atoms with Crippen LogP contribution in [0.2, 0.25) is 0 Å². The zero-order valence-electron chi connectivity index (χ0n) is 20.0. The molecule has 0 fully saturated rings. The van der Waals surface area contributed by atoms with Gasteiger partial charge in [-0.1, -0.05) is 87.0 Å². The van der Waals surface area contributed by atoms with Crippen LogP contribution in [0.5, 0.6) is 0 Å². The third-order valence-electron chi connectivity index (χ3n) is 6.33. The zero-order chi connectivity index (χ0) is 22.2. The molecule has 0 unspecified atom stereocenters. The minimum absolute atomic E-state index is 1.02. The second-order valence-electron chi connectivity index (χ2n) is 8.56. The van der Waals surface area contributed by atoms with Gasteiger partial charge in [0.05, 0.1) is 0 Å². The molecule has 162 valence electrons. The molecule has 2 aromatic rings. The van der Waals surface area contributed by atoms with Gasteiger partial charge in [-0.25, -0.2) is 0 Å². The number of allylic oxidation sites excluding steroid dienone is 5. The molecule has 1 aliphatic rings. The number of rotatable bonds is 8. The predicted molar refractivity (Wildman–Crippen MR) is 136 cm³/mol. The Kier molecular flexibility index (Phi) is 8.23. The second-order valence-corrected chi connectivity index (χ2v) is 8.56. The summed E-state index contributed by atoms with van der Waals surface area (Å²) in [5, 5.41) is 0. The van der Waals surface area contributed by atoms with Gasteiger partial charge in [0, 0.05) is 30.1 Å². The minimum atomic E-state index is 1.02. The fourth-order valence-electron chi connectivity index (χ4n) is 4.76. The number of nitrogens with zero attached hydrogens (tertiary/aromatic N) is 1. The molecule has 0 heterocycles. The normalized spacial score (nSPS) is 15.3. The van der Waals surface area contributed by atoms with Crippen molar-refractivity contribution in [3.05, 3.63) is 100 Å². The standard InChI is InChI=1S/C30H38N/c1-6-8-22-31(25(5)29-23(3)16-15-17-24(29)4)30(27-20-13-10-14-21-27)28(7-2)26-18-11-9-12-19-26/h9-13,15-20H,6-8,14,21-22H2,1-5H3/q+1/b30-28+,31-25?. The van der Waals surface area contributed by atoms with Crippen LogP contribution in [0, 0.1) is 13.8 Å². The lowest BCUT2D eigenvalue weighted by Crippen LogP contribution is -2.25. The molecule has 0 saturated heterocycles. The zero-order valence-corrected chi connectivity index (χ0v) is 20.0. The van der Waals surface area contributed by atoms with Gasteiger partial charge < -0.3 is 0 Å². The van der Waals surface area contributed by atoms with Crippen LogP contribution in [0.4, 0.5) is 0 Å². The van der Waals surface area contributed by atoms with E-state index in [-0.39, 0.29) is 0 Å². The second kappa shape index (κ2) is 11.1. The van der Waals surface area contributed by atoms with E-state index in [2.05, 4.69) is 106 Å². The van der Waals surface area contributed by atoms with Gasteiger partial charge in [0.1, 0.15) is 6.54 Å². The summed E-state index contributed by atoms with van der Waals surface area (Å²) in [4.78, 5) is 0. The molecule has 0 aliphatic heterocycles. The average molecular weight is 413 g/mol. The van der Waals surface area contributed by atoms with Crippen LogP contribution < -0.4 is 0 Å². The van der Waals surface area contributed by atoms with Gasteiger partial charge in [-0.3, -0.25) is 0 Å². The van der Waals surface area contributed by atoms with Crippen LogP contribution in [-0.4, -0.2) is 16.8 Å². The lowest BCUT2D eigenvalue weighted by atomic mass is 9.91. The highest BCUT2D eigenvalue weighted by Gasteiger charge is 2.27. The molecule has 0 aromatic heterocycles. The highest BCUT2D eigenvalue weighted by atomic mass is 15.0. The molecule has 0 N–H and O–H groups in total. The van der Waals surface area contributed by atoms with E-state index >= 15 is 0 Å². The fourth-order valence-corrected chi connectivity index (χ4v) is 4.76. The summed E-state index contributed by atoms with van der Waals surface area (Å²) >= 11 is 0. The van der Waals surface area contributed by atoms with Crippen molar-refractivity contribution in [2.75, 3.05) is 6.54 Å². The Morgan fingerprint density at radius 3 is 2.23 bits per heavy atom. The summed E-state index contributed by atoms with van der Waals surface area (Å²) in [6.07, 6.45) is 12.5. The van der Waals surface area contributed by atoms with Crippen LogP contribution in [0.3, 0.4) is 0 Å². The highest BCUT2D eigenvalue weighted by molar-refractivity contribution is 5.98. The van der Waals surface area contributed by atoms with E-state index in [0.29, 0.717) is 0 Å². The van der Waals surface area contributed by atoms with Crippen LogP contribution in [0.1, 0.15) is 75.1 Å². The van der Waals surface area contributed by atoms with Gasteiger partial charge in [0.2, 0.25) is 5.70 Å². The molecule has 0 radical (unpaired) electrons. The smallest absolute Gasteiger partial charge is 0.195 e. The molecule has 1 aliphatic carbocycles. The van der Waals surface area contributed by atoms with Gasteiger partial charge >= 0.3 is 0 Å². The van der Waals surface area contributed by atoms with E-state index in [4.69, 9.17) is 0 Å². The molecule has 0 atom stereocenters. The summed E-state index contributed by atoms with van der Waals surface area (Å²) in [6, 6.07) is 17.6. The van der Waals surface area contributed by atoms with Crippen LogP contribution >= 0.6 is 0 Å². The minimum Gasteiger partial charge on any atom is -0.195 e. The first-order valence-corrected chi connectivity index (χ1v) is 11.9. The Balaban J connectivity index is 2.35. The Hall–Kier alpha value is -2.67. The molecule has 0 saturated carbocycles. The Labute approximate surface area is 189 Å². The van der Waals surface area contributed by atoms with Crippen molar-refractivity contribution in [2.24, 2.45) is 0 Å². The topological polar surface area (TPSA) is 3.01 Å². The Morgan fingerprint density at radius 2 is 1.65 bits per heavy atom. The van der Waals surface area contributed by atoms with E-state index in [0.717, 1.165) is 25.8 Å². The summed E-state index contributed by atoms with van der Waals surface area (Å²) < 4.78 is 2.63. The van der Waals surface area contributed by atoms with Crippen LogP contribution in [0.15, 0.2) is 78.0 Å². The molecule has 0 amide bonds. The third kappa shape index (κ3) is 5.34. The first kappa shape index (κ1) is 23.0. The average Bonchev–Trinajstić information content (AvgIpc) is 2.79. The van der Waals surface area contributed by atoms with Crippen molar-refractivity contribution in [3.63, 3.8) is 0 Å². The molecule has 3 rings (SSSR count). The van der Waals surface area contributed by atoms with E-state index in [1.165, 1.54) is 57.7 Å². The quantitative estimate of drug-likeness (QED) is 0.305. The summed E-state index contributed by atoms with van der Waals surface area (Å²) in [5.74, 6) is 0. The number of benzene rings is 2. The van der Waals surface area contributed by atoms with Gasteiger partial charge in [0.25, 0.3) is 0 Å². The van der Waals surface area contributed by atoms with E-state index in [1.54, 1.807) is 0 Å². The lowest BCUT2D eigenvalue weighted by molar-refractivity contribution is -0.473. The maximum atomic E-state index is 2.63. The summed E-state index contributed by atoms with van der Waals surface area (Å²) in [7, 11) is 0. The van der Waals surface area contributed by atoms with Gasteiger partial charge in [-0.05, 0) is 49.8 Å².